The van der Waals surface area contributed by atoms with E-state index < -0.39 is 0 Å². The van der Waals surface area contributed by atoms with Crippen LogP contribution in [-0.4, -0.2) is 41.0 Å². The summed E-state index contributed by atoms with van der Waals surface area (Å²) in [6.45, 7) is 5.54. The Morgan fingerprint density at radius 2 is 1.77 bits per heavy atom. The molecule has 1 fully saturated rings. The molecule has 0 radical (unpaired) electrons. The summed E-state index contributed by atoms with van der Waals surface area (Å²) in [7, 11) is 0. The number of halogens is 1. The van der Waals surface area contributed by atoms with E-state index in [0.29, 0.717) is 18.7 Å². The summed E-state index contributed by atoms with van der Waals surface area (Å²) < 4.78 is 13.1. The highest BCUT2D eigenvalue weighted by molar-refractivity contribution is 6.00. The maximum Gasteiger partial charge on any atom is 0.256 e. The predicted molar refractivity (Wildman–Crippen MR) is 84.1 cm³/mol. The molecule has 1 saturated heterocycles. The summed E-state index contributed by atoms with van der Waals surface area (Å²) in [5.41, 5.74) is 2.28. The Hall–Kier alpha value is -2.14. The van der Waals surface area contributed by atoms with Gasteiger partial charge in [0.1, 0.15) is 5.82 Å². The maximum absolute atomic E-state index is 13.1. The molecule has 0 unspecified atom stereocenters. The lowest BCUT2D eigenvalue weighted by atomic mass is 10.0. The zero-order valence-electron chi connectivity index (χ0n) is 12.8. The van der Waals surface area contributed by atoms with Crippen molar-refractivity contribution >= 4 is 5.91 Å². The van der Waals surface area contributed by atoms with Crippen molar-refractivity contribution in [3.63, 3.8) is 0 Å². The van der Waals surface area contributed by atoms with Gasteiger partial charge < -0.3 is 15.2 Å². The summed E-state index contributed by atoms with van der Waals surface area (Å²) >= 11 is 0. The highest BCUT2D eigenvalue weighted by Crippen LogP contribution is 2.25. The molecular formula is C17H20FN3O. The molecule has 5 heteroatoms. The number of piperazine rings is 1. The Balaban J connectivity index is 1.88. The molecule has 2 heterocycles. The highest BCUT2D eigenvalue weighted by Gasteiger charge is 2.27. The van der Waals surface area contributed by atoms with Crippen molar-refractivity contribution in [2.24, 2.45) is 0 Å². The summed E-state index contributed by atoms with van der Waals surface area (Å²) in [5.74, 6) is -0.266. The van der Waals surface area contributed by atoms with Crippen LogP contribution in [0.5, 0.6) is 0 Å². The van der Waals surface area contributed by atoms with Gasteiger partial charge >= 0.3 is 0 Å². The molecule has 0 spiro atoms. The third-order valence-electron chi connectivity index (χ3n) is 3.98. The molecule has 116 valence electrons. The lowest BCUT2D eigenvalue weighted by Crippen LogP contribution is -2.55. The molecule has 0 aliphatic carbocycles. The van der Waals surface area contributed by atoms with Gasteiger partial charge in [-0.1, -0.05) is 12.1 Å². The molecule has 1 aromatic heterocycles. The number of rotatable bonds is 2. The van der Waals surface area contributed by atoms with Gasteiger partial charge in [0.15, 0.2) is 0 Å². The van der Waals surface area contributed by atoms with Crippen molar-refractivity contribution in [1.29, 1.82) is 0 Å². The molecule has 0 saturated carbocycles. The number of amides is 1. The van der Waals surface area contributed by atoms with Gasteiger partial charge in [0.25, 0.3) is 5.91 Å². The average molecular weight is 301 g/mol. The van der Waals surface area contributed by atoms with Crippen molar-refractivity contribution < 1.29 is 9.18 Å². The van der Waals surface area contributed by atoms with Gasteiger partial charge in [-0.15, -0.1) is 0 Å². The Kier molecular flexibility index (Phi) is 3.98. The summed E-state index contributed by atoms with van der Waals surface area (Å²) in [6, 6.07) is 6.76. The van der Waals surface area contributed by atoms with E-state index in [1.165, 1.54) is 12.1 Å². The van der Waals surface area contributed by atoms with Crippen LogP contribution in [-0.2, 0) is 0 Å². The van der Waals surface area contributed by atoms with Crippen LogP contribution in [0.2, 0.25) is 0 Å². The van der Waals surface area contributed by atoms with Crippen molar-refractivity contribution in [3.8, 4) is 11.1 Å². The first-order valence-corrected chi connectivity index (χ1v) is 7.52. The Morgan fingerprint density at radius 1 is 1.14 bits per heavy atom. The zero-order valence-corrected chi connectivity index (χ0v) is 12.8. The minimum atomic E-state index is -0.281. The van der Waals surface area contributed by atoms with Gasteiger partial charge in [-0.05, 0) is 31.5 Å². The quantitative estimate of drug-likeness (QED) is 0.896. The van der Waals surface area contributed by atoms with E-state index in [4.69, 9.17) is 0 Å². The standard InChI is InChI=1S/C17H20FN3O/c1-11-9-21(10-12(2)20-11)17(22)16-8-19-7-15(16)13-3-5-14(18)6-4-13/h3-8,11-12,19-20H,9-10H2,1-2H3/t11-,12-/m0/s1. The first kappa shape index (κ1) is 14.8. The Labute approximate surface area is 129 Å². The molecule has 1 aliphatic rings. The van der Waals surface area contributed by atoms with E-state index in [0.717, 1.165) is 11.1 Å². The zero-order chi connectivity index (χ0) is 15.7. The second-order valence-electron chi connectivity index (χ2n) is 5.97. The number of aromatic amines is 1. The van der Waals surface area contributed by atoms with Crippen LogP contribution in [0.3, 0.4) is 0 Å². The lowest BCUT2D eigenvalue weighted by molar-refractivity contribution is 0.0675. The second kappa shape index (κ2) is 5.93. The van der Waals surface area contributed by atoms with Gasteiger partial charge in [0, 0.05) is 43.1 Å². The van der Waals surface area contributed by atoms with Gasteiger partial charge in [-0.3, -0.25) is 4.79 Å². The molecule has 4 nitrogen and oxygen atoms in total. The Bertz CT molecular complexity index is 655. The number of benzene rings is 1. The monoisotopic (exact) mass is 301 g/mol. The normalized spacial score (nSPS) is 21.9. The fraction of sp³-hybridized carbons (Fsp3) is 0.353. The van der Waals surface area contributed by atoms with Gasteiger partial charge in [-0.2, -0.15) is 0 Å². The minimum Gasteiger partial charge on any atom is -0.366 e. The Morgan fingerprint density at radius 3 is 2.41 bits per heavy atom. The number of carbonyl (C=O) groups excluding carboxylic acids is 1. The fourth-order valence-electron chi connectivity index (χ4n) is 3.07. The number of nitrogens with one attached hydrogen (secondary N) is 2. The highest BCUT2D eigenvalue weighted by atomic mass is 19.1. The molecule has 22 heavy (non-hydrogen) atoms. The number of nitrogens with zero attached hydrogens (tertiary/aromatic N) is 1. The molecule has 3 rings (SSSR count). The van der Waals surface area contributed by atoms with E-state index in [2.05, 4.69) is 24.1 Å². The first-order chi connectivity index (χ1) is 10.5. The first-order valence-electron chi connectivity index (χ1n) is 7.52. The van der Waals surface area contributed by atoms with E-state index in [1.807, 2.05) is 4.90 Å². The number of carbonyl (C=O) groups is 1. The van der Waals surface area contributed by atoms with Gasteiger partial charge in [0.05, 0.1) is 5.56 Å². The van der Waals surface area contributed by atoms with E-state index in [1.54, 1.807) is 24.5 Å². The topological polar surface area (TPSA) is 48.1 Å². The van der Waals surface area contributed by atoms with E-state index >= 15 is 0 Å². The van der Waals surface area contributed by atoms with Crippen LogP contribution in [0, 0.1) is 5.82 Å². The summed E-state index contributed by atoms with van der Waals surface area (Å²) in [4.78, 5) is 17.7. The summed E-state index contributed by atoms with van der Waals surface area (Å²) in [6.07, 6.45) is 3.51. The molecule has 1 aromatic carbocycles. The number of H-pyrrole nitrogens is 1. The minimum absolute atomic E-state index is 0.0146. The summed E-state index contributed by atoms with van der Waals surface area (Å²) in [5, 5.41) is 3.42. The largest absolute Gasteiger partial charge is 0.366 e. The molecule has 0 bridgehead atoms. The van der Waals surface area contributed by atoms with E-state index in [9.17, 15) is 9.18 Å². The molecular weight excluding hydrogens is 281 g/mol. The maximum atomic E-state index is 13.1. The fourth-order valence-corrected chi connectivity index (χ4v) is 3.07. The third-order valence-corrected chi connectivity index (χ3v) is 3.98. The number of hydrogen-bond acceptors (Lipinski definition) is 2. The third kappa shape index (κ3) is 2.90. The molecule has 1 aliphatic heterocycles. The van der Waals surface area contributed by atoms with Crippen molar-refractivity contribution in [2.45, 2.75) is 25.9 Å². The van der Waals surface area contributed by atoms with E-state index in [-0.39, 0.29) is 23.8 Å². The molecule has 2 N–H and O–H groups in total. The van der Waals surface area contributed by atoms with Crippen LogP contribution in [0.15, 0.2) is 36.7 Å². The second-order valence-corrected chi connectivity index (χ2v) is 5.97. The van der Waals surface area contributed by atoms with Gasteiger partial charge in [-0.25, -0.2) is 4.39 Å². The van der Waals surface area contributed by atoms with Gasteiger partial charge in [0.2, 0.25) is 0 Å². The van der Waals surface area contributed by atoms with Crippen molar-refractivity contribution in [1.82, 2.24) is 15.2 Å². The molecule has 2 aromatic rings. The van der Waals surface area contributed by atoms with Crippen LogP contribution >= 0.6 is 0 Å². The average Bonchev–Trinajstić information content (AvgIpc) is 2.95. The predicted octanol–water partition coefficient (Wildman–Crippen LogP) is 2.64. The van der Waals surface area contributed by atoms with Crippen LogP contribution in [0.25, 0.3) is 11.1 Å². The molecule has 2 atom stereocenters. The lowest BCUT2D eigenvalue weighted by Gasteiger charge is -2.36. The number of hydrogen-bond donors (Lipinski definition) is 2. The van der Waals surface area contributed by atoms with Crippen molar-refractivity contribution in [2.75, 3.05) is 13.1 Å². The van der Waals surface area contributed by atoms with Crippen LogP contribution < -0.4 is 5.32 Å². The SMILES string of the molecule is C[C@H]1CN(C(=O)c2c[nH]cc2-c2ccc(F)cc2)C[C@H](C)N1. The van der Waals surface area contributed by atoms with Crippen molar-refractivity contribution in [3.05, 3.63) is 48.0 Å². The van der Waals surface area contributed by atoms with Crippen LogP contribution in [0.4, 0.5) is 4.39 Å². The smallest absolute Gasteiger partial charge is 0.256 e. The molecule has 1 amide bonds. The van der Waals surface area contributed by atoms with Crippen LogP contribution in [0.1, 0.15) is 24.2 Å². The number of aromatic nitrogens is 1.